The molecule has 1 aliphatic heterocycles. The van der Waals surface area contributed by atoms with Crippen LogP contribution in [0.5, 0.6) is 0 Å². The van der Waals surface area contributed by atoms with Crippen molar-refractivity contribution in [1.29, 1.82) is 5.26 Å². The van der Waals surface area contributed by atoms with Crippen LogP contribution in [0.1, 0.15) is 39.0 Å². The lowest BCUT2D eigenvalue weighted by atomic mass is 9.93. The number of nitrogens with zero attached hydrogens (tertiary/aromatic N) is 1. The molecule has 1 saturated carbocycles. The Morgan fingerprint density at radius 1 is 1.38 bits per heavy atom. The lowest BCUT2D eigenvalue weighted by Gasteiger charge is -2.27. The number of hydrogen-bond donors (Lipinski definition) is 2. The van der Waals surface area contributed by atoms with Crippen LogP contribution < -0.4 is 10.6 Å². The van der Waals surface area contributed by atoms with Crippen LogP contribution in [-0.4, -0.2) is 25.2 Å². The highest BCUT2D eigenvalue weighted by molar-refractivity contribution is 4.94. The lowest BCUT2D eigenvalue weighted by molar-refractivity contribution is 0.316. The first-order valence-corrected chi connectivity index (χ1v) is 6.67. The minimum Gasteiger partial charge on any atom is -0.314 e. The van der Waals surface area contributed by atoms with E-state index in [1.165, 1.54) is 38.6 Å². The molecule has 16 heavy (non-hydrogen) atoms. The predicted molar refractivity (Wildman–Crippen MR) is 64.9 cm³/mol. The van der Waals surface area contributed by atoms with Crippen LogP contribution in [0.15, 0.2) is 0 Å². The van der Waals surface area contributed by atoms with Gasteiger partial charge < -0.3 is 10.6 Å². The first-order valence-electron chi connectivity index (χ1n) is 6.67. The third-order valence-electron chi connectivity index (χ3n) is 4.09. The molecular weight excluding hydrogens is 198 g/mol. The molecule has 0 amide bonds. The Labute approximate surface area is 98.6 Å². The van der Waals surface area contributed by atoms with Gasteiger partial charge in [0.2, 0.25) is 0 Å². The molecule has 0 bridgehead atoms. The molecule has 0 radical (unpaired) electrons. The highest BCUT2D eigenvalue weighted by atomic mass is 15.0. The fraction of sp³-hybridized carbons (Fsp3) is 0.923. The summed E-state index contributed by atoms with van der Waals surface area (Å²) in [6.45, 7) is 4.04. The molecule has 2 N–H and O–H groups in total. The largest absolute Gasteiger partial charge is 0.314 e. The van der Waals surface area contributed by atoms with Gasteiger partial charge in [-0.3, -0.25) is 0 Å². The fourth-order valence-corrected chi connectivity index (χ4v) is 3.17. The van der Waals surface area contributed by atoms with Crippen molar-refractivity contribution in [3.05, 3.63) is 0 Å². The number of hydrogen-bond acceptors (Lipinski definition) is 3. The fourth-order valence-electron chi connectivity index (χ4n) is 3.17. The molecule has 2 aliphatic rings. The number of nitrogens with one attached hydrogen (secondary N) is 2. The molecular formula is C13H23N3. The Bertz CT molecular complexity index is 252. The molecule has 1 heterocycles. The number of rotatable bonds is 4. The van der Waals surface area contributed by atoms with Crippen molar-refractivity contribution in [1.82, 2.24) is 10.6 Å². The average molecular weight is 221 g/mol. The third-order valence-corrected chi connectivity index (χ3v) is 4.09. The molecule has 0 spiro atoms. The molecule has 3 heteroatoms. The Morgan fingerprint density at radius 3 is 2.94 bits per heavy atom. The van der Waals surface area contributed by atoms with E-state index < -0.39 is 0 Å². The molecule has 0 aromatic rings. The maximum absolute atomic E-state index is 8.78. The molecule has 2 fully saturated rings. The van der Waals surface area contributed by atoms with Crippen LogP contribution in [0, 0.1) is 23.2 Å². The molecule has 2 rings (SSSR count). The van der Waals surface area contributed by atoms with E-state index in [-0.39, 0.29) is 5.92 Å². The summed E-state index contributed by atoms with van der Waals surface area (Å²) < 4.78 is 0. The highest BCUT2D eigenvalue weighted by Crippen LogP contribution is 2.31. The van der Waals surface area contributed by atoms with Gasteiger partial charge in [-0.15, -0.1) is 0 Å². The van der Waals surface area contributed by atoms with Gasteiger partial charge in [-0.25, -0.2) is 0 Å². The monoisotopic (exact) mass is 221 g/mol. The molecule has 1 aliphatic carbocycles. The second kappa shape index (κ2) is 5.65. The van der Waals surface area contributed by atoms with E-state index in [4.69, 9.17) is 5.26 Å². The average Bonchev–Trinajstić information content (AvgIpc) is 2.95. The van der Waals surface area contributed by atoms with Gasteiger partial charge in [0.1, 0.15) is 0 Å². The second-order valence-corrected chi connectivity index (χ2v) is 5.34. The standard InChI is InChI=1S/C13H23N3/c1-10(8-14)9-16-13-5-2-4-11(13)12-6-3-7-15-12/h10-13,15-16H,2-7,9H2,1H3. The van der Waals surface area contributed by atoms with Crippen LogP contribution in [0.2, 0.25) is 0 Å². The van der Waals surface area contributed by atoms with Gasteiger partial charge in [0.25, 0.3) is 0 Å². The molecule has 3 nitrogen and oxygen atoms in total. The van der Waals surface area contributed by atoms with Crippen molar-refractivity contribution >= 4 is 0 Å². The van der Waals surface area contributed by atoms with E-state index in [9.17, 15) is 0 Å². The van der Waals surface area contributed by atoms with Crippen molar-refractivity contribution in [2.24, 2.45) is 11.8 Å². The first kappa shape index (κ1) is 11.9. The normalized spacial score (nSPS) is 36.1. The molecule has 0 aromatic carbocycles. The zero-order chi connectivity index (χ0) is 11.4. The van der Waals surface area contributed by atoms with E-state index >= 15 is 0 Å². The van der Waals surface area contributed by atoms with Crippen LogP contribution in [-0.2, 0) is 0 Å². The van der Waals surface area contributed by atoms with Crippen LogP contribution in [0.4, 0.5) is 0 Å². The minimum atomic E-state index is 0.137. The lowest BCUT2D eigenvalue weighted by Crippen LogP contribution is -2.43. The SMILES string of the molecule is CC(C#N)CNC1CCCC1C1CCCN1. The van der Waals surface area contributed by atoms with Gasteiger partial charge >= 0.3 is 0 Å². The van der Waals surface area contributed by atoms with Crippen LogP contribution in [0.3, 0.4) is 0 Å². The maximum atomic E-state index is 8.78. The van der Waals surface area contributed by atoms with Crippen molar-refractivity contribution in [3.63, 3.8) is 0 Å². The summed E-state index contributed by atoms with van der Waals surface area (Å²) in [6.07, 6.45) is 6.68. The van der Waals surface area contributed by atoms with Gasteiger partial charge in [-0.2, -0.15) is 5.26 Å². The first-order chi connectivity index (χ1) is 7.81. The van der Waals surface area contributed by atoms with Gasteiger partial charge in [-0.05, 0) is 45.1 Å². The Balaban J connectivity index is 1.81. The minimum absolute atomic E-state index is 0.137. The summed E-state index contributed by atoms with van der Waals surface area (Å²) in [5.41, 5.74) is 0. The van der Waals surface area contributed by atoms with E-state index in [1.54, 1.807) is 0 Å². The zero-order valence-corrected chi connectivity index (χ0v) is 10.2. The summed E-state index contributed by atoms with van der Waals surface area (Å²) in [7, 11) is 0. The third kappa shape index (κ3) is 2.75. The van der Waals surface area contributed by atoms with Crippen molar-refractivity contribution in [2.75, 3.05) is 13.1 Å². The van der Waals surface area contributed by atoms with E-state index in [2.05, 4.69) is 16.7 Å². The molecule has 90 valence electrons. The Kier molecular flexibility index (Phi) is 4.20. The maximum Gasteiger partial charge on any atom is 0.0666 e. The van der Waals surface area contributed by atoms with Crippen molar-refractivity contribution < 1.29 is 0 Å². The summed E-state index contributed by atoms with van der Waals surface area (Å²) in [6, 6.07) is 3.67. The Morgan fingerprint density at radius 2 is 2.25 bits per heavy atom. The molecule has 0 aromatic heterocycles. The highest BCUT2D eigenvalue weighted by Gasteiger charge is 2.34. The van der Waals surface area contributed by atoms with Gasteiger partial charge in [0.05, 0.1) is 12.0 Å². The van der Waals surface area contributed by atoms with E-state index in [0.29, 0.717) is 6.04 Å². The second-order valence-electron chi connectivity index (χ2n) is 5.34. The molecule has 4 unspecified atom stereocenters. The predicted octanol–water partition coefficient (Wildman–Crippen LogP) is 1.66. The smallest absolute Gasteiger partial charge is 0.0666 e. The van der Waals surface area contributed by atoms with E-state index in [1.807, 2.05) is 6.92 Å². The zero-order valence-electron chi connectivity index (χ0n) is 10.2. The van der Waals surface area contributed by atoms with E-state index in [0.717, 1.165) is 18.5 Å². The van der Waals surface area contributed by atoms with Gasteiger partial charge in [0, 0.05) is 18.6 Å². The van der Waals surface area contributed by atoms with Gasteiger partial charge in [-0.1, -0.05) is 6.42 Å². The van der Waals surface area contributed by atoms with Crippen molar-refractivity contribution in [3.8, 4) is 6.07 Å². The quantitative estimate of drug-likeness (QED) is 0.759. The number of nitriles is 1. The van der Waals surface area contributed by atoms with Crippen LogP contribution >= 0.6 is 0 Å². The molecule has 4 atom stereocenters. The Hall–Kier alpha value is -0.590. The summed E-state index contributed by atoms with van der Waals surface area (Å²) in [5.74, 6) is 0.936. The topological polar surface area (TPSA) is 47.9 Å². The van der Waals surface area contributed by atoms with Crippen LogP contribution in [0.25, 0.3) is 0 Å². The van der Waals surface area contributed by atoms with Crippen molar-refractivity contribution in [2.45, 2.75) is 51.1 Å². The molecule has 1 saturated heterocycles. The summed E-state index contributed by atoms with van der Waals surface area (Å²) in [4.78, 5) is 0. The summed E-state index contributed by atoms with van der Waals surface area (Å²) in [5, 5.41) is 16.0. The van der Waals surface area contributed by atoms with Gasteiger partial charge in [0.15, 0.2) is 0 Å². The summed E-state index contributed by atoms with van der Waals surface area (Å²) >= 11 is 0.